The van der Waals surface area contributed by atoms with Gasteiger partial charge in [0.05, 0.1) is 6.42 Å². The predicted molar refractivity (Wildman–Crippen MR) is 85.3 cm³/mol. The maximum absolute atomic E-state index is 11.6. The Morgan fingerprint density at radius 3 is 2.68 bits per heavy atom. The molecule has 1 aromatic rings. The Bertz CT molecular complexity index is 522. The molecule has 118 valence electrons. The van der Waals surface area contributed by atoms with Crippen molar-refractivity contribution in [1.82, 2.24) is 5.32 Å². The average molecular weight is 301 g/mol. The molecule has 0 aliphatic heterocycles. The van der Waals surface area contributed by atoms with E-state index >= 15 is 0 Å². The highest BCUT2D eigenvalue weighted by atomic mass is 16.5. The molecule has 0 saturated heterocycles. The highest BCUT2D eigenvalue weighted by Gasteiger charge is 2.09. The summed E-state index contributed by atoms with van der Waals surface area (Å²) in [7, 11) is 0. The van der Waals surface area contributed by atoms with E-state index in [2.05, 4.69) is 11.4 Å². The van der Waals surface area contributed by atoms with Gasteiger partial charge < -0.3 is 10.1 Å². The molecule has 1 aliphatic rings. The van der Waals surface area contributed by atoms with E-state index in [1.165, 1.54) is 18.4 Å². The van der Waals surface area contributed by atoms with Crippen molar-refractivity contribution >= 4 is 11.9 Å². The van der Waals surface area contributed by atoms with E-state index in [0.717, 1.165) is 24.8 Å². The standard InChI is InChI=1S/C18H23NO3/c20-17(19-12-11-15-7-3-1-4-8-15)14-22-18(21)13-16-9-5-2-6-10-16/h2,5-7,9-10H,1,3-4,8,11-14H2,(H,19,20). The van der Waals surface area contributed by atoms with Crippen molar-refractivity contribution in [3.05, 3.63) is 47.5 Å². The largest absolute Gasteiger partial charge is 0.455 e. The second-order valence-corrected chi connectivity index (χ2v) is 5.53. The van der Waals surface area contributed by atoms with Gasteiger partial charge in [-0.05, 0) is 37.7 Å². The fraction of sp³-hybridized carbons (Fsp3) is 0.444. The van der Waals surface area contributed by atoms with Crippen molar-refractivity contribution in [2.45, 2.75) is 38.5 Å². The summed E-state index contributed by atoms with van der Waals surface area (Å²) in [5.41, 5.74) is 2.31. The second-order valence-electron chi connectivity index (χ2n) is 5.53. The molecule has 1 aliphatic carbocycles. The number of esters is 1. The molecule has 1 aromatic carbocycles. The van der Waals surface area contributed by atoms with Gasteiger partial charge in [0.2, 0.25) is 0 Å². The lowest BCUT2D eigenvalue weighted by Gasteiger charge is -2.13. The van der Waals surface area contributed by atoms with Crippen molar-refractivity contribution in [2.24, 2.45) is 0 Å². The molecule has 4 heteroatoms. The van der Waals surface area contributed by atoms with Gasteiger partial charge in [-0.1, -0.05) is 42.0 Å². The number of amides is 1. The summed E-state index contributed by atoms with van der Waals surface area (Å²) in [5.74, 6) is -0.617. The Morgan fingerprint density at radius 2 is 1.95 bits per heavy atom. The van der Waals surface area contributed by atoms with Gasteiger partial charge in [-0.2, -0.15) is 0 Å². The third-order valence-corrected chi connectivity index (χ3v) is 3.71. The van der Waals surface area contributed by atoms with Crippen molar-refractivity contribution in [2.75, 3.05) is 13.2 Å². The topological polar surface area (TPSA) is 55.4 Å². The molecule has 0 aromatic heterocycles. The molecule has 0 spiro atoms. The van der Waals surface area contributed by atoms with Crippen molar-refractivity contribution in [1.29, 1.82) is 0 Å². The minimum Gasteiger partial charge on any atom is -0.455 e. The Balaban J connectivity index is 1.59. The van der Waals surface area contributed by atoms with Gasteiger partial charge in [-0.25, -0.2) is 0 Å². The number of rotatable bonds is 7. The Labute approximate surface area is 131 Å². The minimum absolute atomic E-state index is 0.195. The maximum Gasteiger partial charge on any atom is 0.310 e. The number of hydrogen-bond acceptors (Lipinski definition) is 3. The molecule has 0 saturated carbocycles. The fourth-order valence-corrected chi connectivity index (χ4v) is 2.50. The van der Waals surface area contributed by atoms with Crippen LogP contribution in [-0.4, -0.2) is 25.0 Å². The summed E-state index contributed by atoms with van der Waals surface area (Å²) >= 11 is 0. The van der Waals surface area contributed by atoms with Crippen molar-refractivity contribution in [3.8, 4) is 0 Å². The summed E-state index contributed by atoms with van der Waals surface area (Å²) < 4.78 is 4.98. The third kappa shape index (κ3) is 6.12. The van der Waals surface area contributed by atoms with E-state index in [4.69, 9.17) is 4.74 Å². The van der Waals surface area contributed by atoms with Crippen LogP contribution in [0.4, 0.5) is 0 Å². The Morgan fingerprint density at radius 1 is 1.14 bits per heavy atom. The summed E-state index contributed by atoms with van der Waals surface area (Å²) in [5, 5.41) is 2.79. The molecule has 4 nitrogen and oxygen atoms in total. The Kier molecular flexibility index (Phi) is 6.68. The number of ether oxygens (including phenoxy) is 1. The molecule has 0 heterocycles. The predicted octanol–water partition coefficient (Wildman–Crippen LogP) is 2.78. The number of carbonyl (C=O) groups is 2. The van der Waals surface area contributed by atoms with E-state index in [0.29, 0.717) is 6.54 Å². The summed E-state index contributed by atoms with van der Waals surface area (Å²) in [4.78, 5) is 23.3. The van der Waals surface area contributed by atoms with E-state index < -0.39 is 0 Å². The highest BCUT2D eigenvalue weighted by molar-refractivity contribution is 5.81. The molecule has 0 unspecified atom stereocenters. The van der Waals surface area contributed by atoms with Gasteiger partial charge in [0.1, 0.15) is 0 Å². The molecule has 0 bridgehead atoms. The zero-order chi connectivity index (χ0) is 15.6. The molecule has 1 N–H and O–H groups in total. The van der Waals surface area contributed by atoms with Gasteiger partial charge >= 0.3 is 5.97 Å². The normalized spacial score (nSPS) is 14.1. The highest BCUT2D eigenvalue weighted by Crippen LogP contribution is 2.19. The molecule has 0 radical (unpaired) electrons. The van der Waals surface area contributed by atoms with Crippen LogP contribution in [0, 0.1) is 0 Å². The van der Waals surface area contributed by atoms with E-state index in [1.54, 1.807) is 0 Å². The lowest BCUT2D eigenvalue weighted by Crippen LogP contribution is -2.30. The van der Waals surface area contributed by atoms with Crippen LogP contribution < -0.4 is 5.32 Å². The van der Waals surface area contributed by atoms with Crippen LogP contribution in [0.3, 0.4) is 0 Å². The molecular formula is C18H23NO3. The number of hydrogen-bond donors (Lipinski definition) is 1. The fourth-order valence-electron chi connectivity index (χ4n) is 2.50. The van der Waals surface area contributed by atoms with E-state index in [-0.39, 0.29) is 24.9 Å². The van der Waals surface area contributed by atoms with Gasteiger partial charge in [0.15, 0.2) is 6.61 Å². The first-order valence-corrected chi connectivity index (χ1v) is 7.88. The molecule has 1 amide bonds. The minimum atomic E-state index is -0.378. The van der Waals surface area contributed by atoms with Crippen LogP contribution in [0.1, 0.15) is 37.7 Å². The van der Waals surface area contributed by atoms with Crippen LogP contribution >= 0.6 is 0 Å². The molecular weight excluding hydrogens is 278 g/mol. The molecule has 0 atom stereocenters. The average Bonchev–Trinajstić information content (AvgIpc) is 2.55. The summed E-state index contributed by atoms with van der Waals surface area (Å²) in [6.45, 7) is 0.408. The first-order chi connectivity index (χ1) is 10.7. The SMILES string of the molecule is O=C(COC(=O)Cc1ccccc1)NCCC1=CCCCC1. The number of nitrogens with one attached hydrogen (secondary N) is 1. The molecule has 22 heavy (non-hydrogen) atoms. The van der Waals surface area contributed by atoms with Crippen LogP contribution in [-0.2, 0) is 20.7 Å². The first kappa shape index (κ1) is 16.3. The van der Waals surface area contributed by atoms with Crippen molar-refractivity contribution < 1.29 is 14.3 Å². The summed E-state index contributed by atoms with van der Waals surface area (Å²) in [6, 6.07) is 9.35. The number of benzene rings is 1. The monoisotopic (exact) mass is 301 g/mol. The Hall–Kier alpha value is -2.10. The molecule has 2 rings (SSSR count). The quantitative estimate of drug-likeness (QED) is 0.622. The number of carbonyl (C=O) groups excluding carboxylic acids is 2. The lowest BCUT2D eigenvalue weighted by atomic mass is 9.97. The van der Waals surface area contributed by atoms with Gasteiger partial charge in [-0.15, -0.1) is 0 Å². The van der Waals surface area contributed by atoms with Crippen LogP contribution in [0.2, 0.25) is 0 Å². The zero-order valence-corrected chi connectivity index (χ0v) is 12.8. The number of allylic oxidation sites excluding steroid dienone is 1. The van der Waals surface area contributed by atoms with Crippen LogP contribution in [0.25, 0.3) is 0 Å². The van der Waals surface area contributed by atoms with Crippen molar-refractivity contribution in [3.63, 3.8) is 0 Å². The van der Waals surface area contributed by atoms with Gasteiger partial charge in [-0.3, -0.25) is 9.59 Å². The molecule has 0 fully saturated rings. The zero-order valence-electron chi connectivity index (χ0n) is 12.8. The van der Waals surface area contributed by atoms with Gasteiger partial charge in [0.25, 0.3) is 5.91 Å². The maximum atomic E-state index is 11.6. The third-order valence-electron chi connectivity index (χ3n) is 3.71. The van der Waals surface area contributed by atoms with E-state index in [9.17, 15) is 9.59 Å². The van der Waals surface area contributed by atoms with Gasteiger partial charge in [0, 0.05) is 6.54 Å². The van der Waals surface area contributed by atoms with E-state index in [1.807, 2.05) is 30.3 Å². The lowest BCUT2D eigenvalue weighted by molar-refractivity contribution is -0.147. The summed E-state index contributed by atoms with van der Waals surface area (Å²) in [6.07, 6.45) is 8.17. The second kappa shape index (κ2) is 9.03. The smallest absolute Gasteiger partial charge is 0.310 e. The van der Waals surface area contributed by atoms with Crippen LogP contribution in [0.15, 0.2) is 42.0 Å². The first-order valence-electron chi connectivity index (χ1n) is 7.88. The van der Waals surface area contributed by atoms with Crippen LogP contribution in [0.5, 0.6) is 0 Å².